The number of para-hydroxylation sites is 2. The number of halogens is 4. The van der Waals surface area contributed by atoms with Gasteiger partial charge in [-0.15, -0.1) is 13.2 Å². The third-order valence-corrected chi connectivity index (χ3v) is 7.07. The summed E-state index contributed by atoms with van der Waals surface area (Å²) in [7, 11) is -4.05. The summed E-state index contributed by atoms with van der Waals surface area (Å²) < 4.78 is 69.6. The van der Waals surface area contributed by atoms with Gasteiger partial charge in [0.2, 0.25) is 0 Å². The smallest absolute Gasteiger partial charge is 0.406 e. The molecule has 4 aromatic rings. The molecule has 0 bridgehead atoms. The predicted octanol–water partition coefficient (Wildman–Crippen LogP) is 5.49. The summed E-state index contributed by atoms with van der Waals surface area (Å²) in [6, 6.07) is 17.8. The van der Waals surface area contributed by atoms with Crippen LogP contribution in [0.15, 0.2) is 77.7 Å². The van der Waals surface area contributed by atoms with Crippen LogP contribution in [0.4, 0.5) is 30.5 Å². The van der Waals surface area contributed by atoms with Gasteiger partial charge in [0, 0.05) is 10.7 Å². The maximum atomic E-state index is 13.5. The summed E-state index contributed by atoms with van der Waals surface area (Å²) in [6.07, 6.45) is -4.82. The second kappa shape index (κ2) is 8.03. The van der Waals surface area contributed by atoms with Crippen molar-refractivity contribution in [2.75, 3.05) is 15.9 Å². The number of ether oxygens (including phenoxy) is 1. The van der Waals surface area contributed by atoms with Gasteiger partial charge in [0.25, 0.3) is 10.0 Å². The van der Waals surface area contributed by atoms with E-state index in [2.05, 4.69) is 14.7 Å². The lowest BCUT2D eigenvalue weighted by molar-refractivity contribution is -0.274. The first-order valence-electron chi connectivity index (χ1n) is 9.80. The van der Waals surface area contributed by atoms with E-state index in [1.807, 2.05) is 0 Å². The standard InChI is InChI=1S/C22H14ClF3N4O3S/c23-14-5-11-17(12-6-14)34(31,32)30-13-29(15-7-9-16(10-8-15)33-22(24,25)26)20-21(30)28-19-4-2-1-3-18(19)27-20/h1-12H,13H2. The van der Waals surface area contributed by atoms with Crippen molar-refractivity contribution in [2.24, 2.45) is 0 Å². The zero-order valence-corrected chi connectivity index (χ0v) is 18.6. The van der Waals surface area contributed by atoms with Crippen molar-refractivity contribution in [2.45, 2.75) is 11.3 Å². The molecule has 0 spiro atoms. The molecule has 0 saturated carbocycles. The largest absolute Gasteiger partial charge is 0.573 e. The van der Waals surface area contributed by atoms with Gasteiger partial charge in [-0.05, 0) is 60.7 Å². The van der Waals surface area contributed by atoms with Crippen LogP contribution in [0.3, 0.4) is 0 Å². The van der Waals surface area contributed by atoms with Gasteiger partial charge in [0.05, 0.1) is 15.9 Å². The van der Waals surface area contributed by atoms with Gasteiger partial charge in [0.15, 0.2) is 11.6 Å². The van der Waals surface area contributed by atoms with E-state index >= 15 is 0 Å². The molecule has 0 unspecified atom stereocenters. The summed E-state index contributed by atoms with van der Waals surface area (Å²) in [5.41, 5.74) is 1.44. The minimum atomic E-state index is -4.82. The summed E-state index contributed by atoms with van der Waals surface area (Å²) >= 11 is 5.90. The molecule has 0 fully saturated rings. The summed E-state index contributed by atoms with van der Waals surface area (Å²) in [4.78, 5) is 10.7. The molecule has 12 heteroatoms. The number of rotatable bonds is 4. The van der Waals surface area contributed by atoms with Crippen molar-refractivity contribution in [3.8, 4) is 5.75 Å². The van der Waals surface area contributed by atoms with Crippen molar-refractivity contribution in [1.82, 2.24) is 9.97 Å². The predicted molar refractivity (Wildman–Crippen MR) is 121 cm³/mol. The Kier molecular flexibility index (Phi) is 5.25. The van der Waals surface area contributed by atoms with Gasteiger partial charge in [-0.1, -0.05) is 23.7 Å². The lowest BCUT2D eigenvalue weighted by atomic mass is 10.2. The fourth-order valence-corrected chi connectivity index (χ4v) is 5.03. The minimum absolute atomic E-state index is 0.00795. The van der Waals surface area contributed by atoms with Crippen LogP contribution in [0.5, 0.6) is 5.75 Å². The molecule has 0 aliphatic carbocycles. The van der Waals surface area contributed by atoms with Crippen LogP contribution in [0.25, 0.3) is 11.0 Å². The van der Waals surface area contributed by atoms with E-state index in [1.165, 1.54) is 36.4 Å². The van der Waals surface area contributed by atoms with E-state index in [-0.39, 0.29) is 23.2 Å². The van der Waals surface area contributed by atoms with Crippen LogP contribution >= 0.6 is 11.6 Å². The van der Waals surface area contributed by atoms with Crippen LogP contribution in [0.2, 0.25) is 5.02 Å². The maximum Gasteiger partial charge on any atom is 0.573 e. The molecule has 5 rings (SSSR count). The molecule has 7 nitrogen and oxygen atoms in total. The fraction of sp³-hybridized carbons (Fsp3) is 0.0909. The van der Waals surface area contributed by atoms with Crippen LogP contribution in [-0.4, -0.2) is 31.4 Å². The Labute approximate surface area is 197 Å². The topological polar surface area (TPSA) is 75.6 Å². The normalized spacial score (nSPS) is 13.9. The molecule has 1 aliphatic heterocycles. The first-order valence-corrected chi connectivity index (χ1v) is 11.6. The maximum absolute atomic E-state index is 13.5. The SMILES string of the molecule is O=S(=O)(c1ccc(Cl)cc1)N1CN(c2ccc(OC(F)(F)F)cc2)c2nc3ccccc3nc21. The molecule has 0 saturated heterocycles. The first kappa shape index (κ1) is 22.2. The Morgan fingerprint density at radius 3 is 2.03 bits per heavy atom. The Balaban J connectivity index is 1.60. The fourth-order valence-electron chi connectivity index (χ4n) is 3.55. The highest BCUT2D eigenvalue weighted by Gasteiger charge is 2.39. The Hall–Kier alpha value is -3.57. The highest BCUT2D eigenvalue weighted by Crippen LogP contribution is 2.42. The van der Waals surface area contributed by atoms with Crippen molar-refractivity contribution in [1.29, 1.82) is 0 Å². The molecule has 1 aliphatic rings. The number of hydrogen-bond donors (Lipinski definition) is 0. The monoisotopic (exact) mass is 506 g/mol. The summed E-state index contributed by atoms with van der Waals surface area (Å²) in [5.74, 6) is -0.0455. The molecule has 34 heavy (non-hydrogen) atoms. The Morgan fingerprint density at radius 1 is 0.853 bits per heavy atom. The third-order valence-electron chi connectivity index (χ3n) is 5.08. The van der Waals surface area contributed by atoms with Gasteiger partial charge >= 0.3 is 6.36 Å². The number of hydrogen-bond acceptors (Lipinski definition) is 6. The van der Waals surface area contributed by atoms with E-state index in [1.54, 1.807) is 29.2 Å². The highest BCUT2D eigenvalue weighted by molar-refractivity contribution is 7.92. The molecule has 3 aromatic carbocycles. The van der Waals surface area contributed by atoms with Crippen molar-refractivity contribution in [3.63, 3.8) is 0 Å². The quantitative estimate of drug-likeness (QED) is 0.364. The van der Waals surface area contributed by atoms with Crippen LogP contribution in [0, 0.1) is 0 Å². The number of nitrogens with zero attached hydrogens (tertiary/aromatic N) is 4. The van der Waals surface area contributed by atoms with E-state index in [9.17, 15) is 21.6 Å². The van der Waals surface area contributed by atoms with Crippen LogP contribution in [0.1, 0.15) is 0 Å². The lowest BCUT2D eigenvalue weighted by Gasteiger charge is -2.21. The van der Waals surface area contributed by atoms with Crippen LogP contribution in [-0.2, 0) is 10.0 Å². The third kappa shape index (κ3) is 4.08. The molecule has 2 heterocycles. The molecule has 0 amide bonds. The first-order chi connectivity index (χ1) is 16.1. The van der Waals surface area contributed by atoms with E-state index in [0.717, 1.165) is 16.4 Å². The van der Waals surface area contributed by atoms with Gasteiger partial charge in [0.1, 0.15) is 12.4 Å². The van der Waals surface area contributed by atoms with E-state index in [0.29, 0.717) is 21.7 Å². The van der Waals surface area contributed by atoms with Gasteiger partial charge in [-0.2, -0.15) is 0 Å². The molecular weight excluding hydrogens is 493 g/mol. The summed E-state index contributed by atoms with van der Waals surface area (Å²) in [5, 5.41) is 0.384. The van der Waals surface area contributed by atoms with Crippen molar-refractivity contribution in [3.05, 3.63) is 77.8 Å². The second-order valence-corrected chi connectivity index (χ2v) is 9.58. The second-order valence-electron chi connectivity index (χ2n) is 7.28. The molecule has 0 atom stereocenters. The summed E-state index contributed by atoms with van der Waals surface area (Å²) in [6.45, 7) is -0.184. The molecule has 0 radical (unpaired) electrons. The average molecular weight is 507 g/mol. The Morgan fingerprint density at radius 2 is 1.44 bits per heavy atom. The Bertz CT molecular complexity index is 1480. The number of anilines is 3. The molecule has 0 N–H and O–H groups in total. The molecule has 174 valence electrons. The van der Waals surface area contributed by atoms with Crippen molar-refractivity contribution >= 4 is 50.0 Å². The van der Waals surface area contributed by atoms with E-state index < -0.39 is 22.1 Å². The van der Waals surface area contributed by atoms with Gasteiger partial charge in [-0.3, -0.25) is 0 Å². The van der Waals surface area contributed by atoms with Gasteiger partial charge in [-0.25, -0.2) is 22.7 Å². The van der Waals surface area contributed by atoms with Crippen molar-refractivity contribution < 1.29 is 26.3 Å². The number of benzene rings is 3. The minimum Gasteiger partial charge on any atom is -0.406 e. The van der Waals surface area contributed by atoms with Crippen LogP contribution < -0.4 is 13.9 Å². The number of sulfonamides is 1. The number of aromatic nitrogens is 2. The zero-order chi connectivity index (χ0) is 24.1. The molecular formula is C22H14ClF3N4O3S. The van der Waals surface area contributed by atoms with Gasteiger partial charge < -0.3 is 9.64 Å². The molecule has 1 aromatic heterocycles. The number of fused-ring (bicyclic) bond motifs is 2. The highest BCUT2D eigenvalue weighted by atomic mass is 35.5. The lowest BCUT2D eigenvalue weighted by Crippen LogP contribution is -2.34. The number of alkyl halides is 3. The zero-order valence-electron chi connectivity index (χ0n) is 17.1. The van der Waals surface area contributed by atoms with E-state index in [4.69, 9.17) is 11.6 Å². The average Bonchev–Trinajstić information content (AvgIpc) is 3.16.